The van der Waals surface area contributed by atoms with E-state index in [4.69, 9.17) is 5.73 Å². The quantitative estimate of drug-likeness (QED) is 0.556. The number of rotatable bonds is 8. The number of anilines is 1. The van der Waals surface area contributed by atoms with E-state index in [1.807, 2.05) is 24.3 Å². The summed E-state index contributed by atoms with van der Waals surface area (Å²) in [5.74, 6) is 1.68. The zero-order chi connectivity index (χ0) is 17.4. The lowest BCUT2D eigenvalue weighted by Gasteiger charge is -2.15. The molecule has 1 aromatic rings. The summed E-state index contributed by atoms with van der Waals surface area (Å²) in [5, 5.41) is 2.97. The van der Waals surface area contributed by atoms with Crippen LogP contribution in [0.25, 0.3) is 0 Å². The number of esters is 1. The Kier molecular flexibility index (Phi) is 7.59. The average molecular weight is 350 g/mol. The molecule has 0 radical (unpaired) electrons. The van der Waals surface area contributed by atoms with Crippen LogP contribution in [0.4, 0.5) is 5.69 Å². The number of hydrogen-bond donors (Lipinski definition) is 2. The minimum Gasteiger partial charge on any atom is -0.469 e. The number of ether oxygens (including phenoxy) is 1. The van der Waals surface area contributed by atoms with E-state index in [2.05, 4.69) is 10.1 Å². The van der Waals surface area contributed by atoms with E-state index in [0.29, 0.717) is 18.8 Å². The molecule has 1 aromatic carbocycles. The van der Waals surface area contributed by atoms with Gasteiger partial charge in [0, 0.05) is 29.7 Å². The van der Waals surface area contributed by atoms with Crippen molar-refractivity contribution >= 4 is 29.3 Å². The zero-order valence-corrected chi connectivity index (χ0v) is 14.9. The third kappa shape index (κ3) is 6.17. The first-order chi connectivity index (χ1) is 11.6. The fourth-order valence-electron chi connectivity index (χ4n) is 2.96. The number of nitrogens with two attached hydrogens (primary N) is 1. The molecule has 2 rings (SSSR count). The Labute approximate surface area is 147 Å². The molecule has 1 aliphatic rings. The standard InChI is InChI=1S/C18H26N2O3S/c1-23-18(22)8-9-24-12-13-4-2-6-15(10-13)20-17(21)11-14-5-3-7-16(14)19/h2,4,6,10,14,16H,3,5,7-9,11-12,19H2,1H3,(H,20,21)/t14-,16+/m0/s1. The molecule has 6 heteroatoms. The summed E-state index contributed by atoms with van der Waals surface area (Å²) < 4.78 is 4.62. The molecule has 0 saturated heterocycles. The summed E-state index contributed by atoms with van der Waals surface area (Å²) in [6.07, 6.45) is 4.11. The summed E-state index contributed by atoms with van der Waals surface area (Å²) in [4.78, 5) is 23.2. The highest BCUT2D eigenvalue weighted by atomic mass is 32.2. The van der Waals surface area contributed by atoms with Crippen molar-refractivity contribution in [3.8, 4) is 0 Å². The molecule has 0 aromatic heterocycles. The van der Waals surface area contributed by atoms with Crippen LogP contribution in [0, 0.1) is 5.92 Å². The number of amides is 1. The van der Waals surface area contributed by atoms with Crippen LogP contribution in [-0.4, -0.2) is 30.8 Å². The van der Waals surface area contributed by atoms with Gasteiger partial charge in [-0.05, 0) is 36.5 Å². The second-order valence-corrected chi connectivity index (χ2v) is 7.29. The monoisotopic (exact) mass is 350 g/mol. The van der Waals surface area contributed by atoms with Crippen molar-refractivity contribution in [2.45, 2.75) is 43.9 Å². The van der Waals surface area contributed by atoms with Gasteiger partial charge in [0.15, 0.2) is 0 Å². The van der Waals surface area contributed by atoms with Gasteiger partial charge in [-0.3, -0.25) is 9.59 Å². The predicted molar refractivity (Wildman–Crippen MR) is 97.8 cm³/mol. The molecule has 3 N–H and O–H groups in total. The van der Waals surface area contributed by atoms with Crippen LogP contribution in [0.1, 0.15) is 37.7 Å². The maximum atomic E-state index is 12.2. The molecular weight excluding hydrogens is 324 g/mol. The minimum absolute atomic E-state index is 0.0350. The molecule has 2 atom stereocenters. The highest BCUT2D eigenvalue weighted by Gasteiger charge is 2.25. The first-order valence-electron chi connectivity index (χ1n) is 8.37. The zero-order valence-electron chi connectivity index (χ0n) is 14.1. The van der Waals surface area contributed by atoms with Crippen molar-refractivity contribution in [1.82, 2.24) is 0 Å². The van der Waals surface area contributed by atoms with E-state index in [0.717, 1.165) is 42.0 Å². The van der Waals surface area contributed by atoms with Crippen LogP contribution in [0.3, 0.4) is 0 Å². The summed E-state index contributed by atoms with van der Waals surface area (Å²) in [6, 6.07) is 8.00. The van der Waals surface area contributed by atoms with Gasteiger partial charge in [-0.15, -0.1) is 0 Å². The molecule has 1 saturated carbocycles. The van der Waals surface area contributed by atoms with Crippen molar-refractivity contribution in [3.63, 3.8) is 0 Å². The highest BCUT2D eigenvalue weighted by molar-refractivity contribution is 7.98. The van der Waals surface area contributed by atoms with Crippen LogP contribution in [0.5, 0.6) is 0 Å². The second kappa shape index (κ2) is 9.69. The van der Waals surface area contributed by atoms with Gasteiger partial charge >= 0.3 is 5.97 Å². The topological polar surface area (TPSA) is 81.4 Å². The average Bonchev–Trinajstić information content (AvgIpc) is 2.96. The number of methoxy groups -OCH3 is 1. The van der Waals surface area contributed by atoms with Crippen molar-refractivity contribution in [1.29, 1.82) is 0 Å². The maximum Gasteiger partial charge on any atom is 0.306 e. The molecule has 5 nitrogen and oxygen atoms in total. The smallest absolute Gasteiger partial charge is 0.306 e. The van der Waals surface area contributed by atoms with E-state index >= 15 is 0 Å². The third-order valence-electron chi connectivity index (χ3n) is 4.32. The Bertz CT molecular complexity index is 565. The van der Waals surface area contributed by atoms with Crippen molar-refractivity contribution < 1.29 is 14.3 Å². The molecule has 0 heterocycles. The third-order valence-corrected chi connectivity index (χ3v) is 5.35. The SMILES string of the molecule is COC(=O)CCSCc1cccc(NC(=O)C[C@@H]2CCC[C@H]2N)c1. The molecule has 1 fully saturated rings. The Balaban J connectivity index is 1.77. The maximum absolute atomic E-state index is 12.2. The molecule has 132 valence electrons. The second-order valence-electron chi connectivity index (χ2n) is 6.19. The molecule has 24 heavy (non-hydrogen) atoms. The van der Waals surface area contributed by atoms with E-state index in [9.17, 15) is 9.59 Å². The highest BCUT2D eigenvalue weighted by Crippen LogP contribution is 2.27. The van der Waals surface area contributed by atoms with Gasteiger partial charge in [0.25, 0.3) is 0 Å². The lowest BCUT2D eigenvalue weighted by molar-refractivity contribution is -0.140. The Morgan fingerprint density at radius 3 is 2.92 bits per heavy atom. The summed E-state index contributed by atoms with van der Waals surface area (Å²) >= 11 is 1.67. The van der Waals surface area contributed by atoms with Gasteiger partial charge in [0.2, 0.25) is 5.91 Å². The van der Waals surface area contributed by atoms with Crippen LogP contribution >= 0.6 is 11.8 Å². The van der Waals surface area contributed by atoms with Gasteiger partial charge in [-0.25, -0.2) is 0 Å². The largest absolute Gasteiger partial charge is 0.469 e. The first-order valence-corrected chi connectivity index (χ1v) is 9.53. The lowest BCUT2D eigenvalue weighted by Crippen LogP contribution is -2.28. The molecule has 1 amide bonds. The fourth-order valence-corrected chi connectivity index (χ4v) is 3.83. The minimum atomic E-state index is -0.186. The number of carbonyl (C=O) groups excluding carboxylic acids is 2. The molecule has 0 bridgehead atoms. The number of carbonyl (C=O) groups is 2. The Morgan fingerprint density at radius 2 is 2.21 bits per heavy atom. The Hall–Kier alpha value is -1.53. The number of benzene rings is 1. The summed E-state index contributed by atoms with van der Waals surface area (Å²) in [7, 11) is 1.40. The van der Waals surface area contributed by atoms with Gasteiger partial charge in [0.05, 0.1) is 13.5 Å². The van der Waals surface area contributed by atoms with Gasteiger partial charge < -0.3 is 15.8 Å². The molecular formula is C18H26N2O3S. The molecule has 0 aliphatic heterocycles. The number of hydrogen-bond acceptors (Lipinski definition) is 5. The molecule has 0 unspecified atom stereocenters. The van der Waals surface area contributed by atoms with E-state index in [1.54, 1.807) is 11.8 Å². The lowest BCUT2D eigenvalue weighted by atomic mass is 10.00. The van der Waals surface area contributed by atoms with E-state index in [-0.39, 0.29) is 17.9 Å². The van der Waals surface area contributed by atoms with Crippen LogP contribution in [-0.2, 0) is 20.1 Å². The van der Waals surface area contributed by atoms with Gasteiger partial charge in [0.1, 0.15) is 0 Å². The van der Waals surface area contributed by atoms with Crippen molar-refractivity contribution in [2.75, 3.05) is 18.2 Å². The van der Waals surface area contributed by atoms with Crippen LogP contribution < -0.4 is 11.1 Å². The van der Waals surface area contributed by atoms with E-state index < -0.39 is 0 Å². The van der Waals surface area contributed by atoms with Gasteiger partial charge in [-0.2, -0.15) is 11.8 Å². The predicted octanol–water partition coefficient (Wildman–Crippen LogP) is 2.94. The summed E-state index contributed by atoms with van der Waals surface area (Å²) in [5.41, 5.74) is 7.97. The molecule has 0 spiro atoms. The summed E-state index contributed by atoms with van der Waals surface area (Å²) in [6.45, 7) is 0. The fraction of sp³-hybridized carbons (Fsp3) is 0.556. The van der Waals surface area contributed by atoms with Crippen LogP contribution in [0.2, 0.25) is 0 Å². The van der Waals surface area contributed by atoms with E-state index in [1.165, 1.54) is 7.11 Å². The van der Waals surface area contributed by atoms with Gasteiger partial charge in [-0.1, -0.05) is 18.6 Å². The number of thioether (sulfide) groups is 1. The van der Waals surface area contributed by atoms with Crippen molar-refractivity contribution in [3.05, 3.63) is 29.8 Å². The number of nitrogens with one attached hydrogen (secondary N) is 1. The molecule has 1 aliphatic carbocycles. The first kappa shape index (κ1) is 18.8. The van der Waals surface area contributed by atoms with Crippen LogP contribution in [0.15, 0.2) is 24.3 Å². The Morgan fingerprint density at radius 1 is 1.38 bits per heavy atom. The van der Waals surface area contributed by atoms with Crippen molar-refractivity contribution in [2.24, 2.45) is 11.7 Å². The normalized spacial score (nSPS) is 19.9.